The molecule has 0 saturated carbocycles. The van der Waals surface area contributed by atoms with Gasteiger partial charge in [0.25, 0.3) is 0 Å². The Morgan fingerprint density at radius 1 is 1.43 bits per heavy atom. The minimum Gasteiger partial charge on any atom is -0.481 e. The lowest BCUT2D eigenvalue weighted by Crippen LogP contribution is -2.39. The Morgan fingerprint density at radius 3 is 2.90 bits per heavy atom. The lowest BCUT2D eigenvalue weighted by molar-refractivity contribution is -0.136. The molecule has 8 nitrogen and oxygen atoms in total. The second kappa shape index (κ2) is 6.69. The van der Waals surface area contributed by atoms with Crippen molar-refractivity contribution in [1.29, 1.82) is 0 Å². The van der Waals surface area contributed by atoms with Crippen molar-refractivity contribution in [2.45, 2.75) is 12.8 Å². The molecule has 1 aromatic heterocycles. The number of carbonyl (C=O) groups excluding carboxylic acids is 2. The van der Waals surface area contributed by atoms with E-state index in [0.29, 0.717) is 30.9 Å². The first-order valence-electron chi connectivity index (χ1n) is 6.54. The van der Waals surface area contributed by atoms with Crippen molar-refractivity contribution >= 4 is 23.6 Å². The summed E-state index contributed by atoms with van der Waals surface area (Å²) in [5.74, 6) is -1.15. The average Bonchev–Trinajstić information content (AvgIpc) is 2.65. The molecule has 1 aromatic rings. The largest absolute Gasteiger partial charge is 0.481 e. The molecule has 1 aliphatic rings. The number of carboxylic acid groups (broad SMARTS) is 1. The van der Waals surface area contributed by atoms with Crippen LogP contribution in [-0.2, 0) is 16.0 Å². The number of aromatic nitrogens is 1. The van der Waals surface area contributed by atoms with Crippen molar-refractivity contribution in [3.05, 3.63) is 24.0 Å². The Balaban J connectivity index is 1.95. The maximum Gasteiger partial charge on any atom is 0.322 e. The van der Waals surface area contributed by atoms with Gasteiger partial charge in [0.2, 0.25) is 5.91 Å². The van der Waals surface area contributed by atoms with Crippen LogP contribution in [0.1, 0.15) is 12.1 Å². The number of urea groups is 1. The summed E-state index contributed by atoms with van der Waals surface area (Å²) < 4.78 is 0. The van der Waals surface area contributed by atoms with E-state index in [0.717, 1.165) is 0 Å². The van der Waals surface area contributed by atoms with Crippen LogP contribution in [0.5, 0.6) is 0 Å². The Labute approximate surface area is 121 Å². The van der Waals surface area contributed by atoms with Crippen LogP contribution < -0.4 is 10.6 Å². The average molecular weight is 292 g/mol. The van der Waals surface area contributed by atoms with Crippen LogP contribution in [0.15, 0.2) is 18.3 Å². The van der Waals surface area contributed by atoms with Gasteiger partial charge in [-0.25, -0.2) is 4.79 Å². The van der Waals surface area contributed by atoms with E-state index >= 15 is 0 Å². The highest BCUT2D eigenvalue weighted by molar-refractivity contribution is 5.92. The first kappa shape index (κ1) is 14.8. The second-order valence-electron chi connectivity index (χ2n) is 4.66. The molecule has 0 aliphatic carbocycles. The first-order chi connectivity index (χ1) is 10.0. The van der Waals surface area contributed by atoms with E-state index in [1.54, 1.807) is 12.1 Å². The van der Waals surface area contributed by atoms with Gasteiger partial charge in [0.05, 0.1) is 24.0 Å². The van der Waals surface area contributed by atoms with Crippen LogP contribution in [-0.4, -0.2) is 52.5 Å². The number of carboxylic acids is 1. The fraction of sp³-hybridized carbons (Fsp3) is 0.385. The fourth-order valence-electron chi connectivity index (χ4n) is 1.94. The van der Waals surface area contributed by atoms with Gasteiger partial charge >= 0.3 is 12.0 Å². The van der Waals surface area contributed by atoms with E-state index in [1.807, 2.05) is 0 Å². The molecular weight excluding hydrogens is 276 g/mol. The number of carbonyl (C=O) groups is 3. The summed E-state index contributed by atoms with van der Waals surface area (Å²) in [6.07, 6.45) is 1.93. The monoisotopic (exact) mass is 292 g/mol. The summed E-state index contributed by atoms with van der Waals surface area (Å²) in [4.78, 5) is 39.4. The van der Waals surface area contributed by atoms with Gasteiger partial charge < -0.3 is 20.6 Å². The zero-order chi connectivity index (χ0) is 15.2. The number of anilines is 1. The molecule has 8 heteroatoms. The highest BCUT2D eigenvalue weighted by Gasteiger charge is 2.19. The molecule has 0 atom stereocenters. The molecule has 2 heterocycles. The number of pyridine rings is 1. The molecule has 0 aromatic carbocycles. The van der Waals surface area contributed by atoms with Crippen molar-refractivity contribution in [2.75, 3.05) is 25.0 Å². The Hall–Kier alpha value is -2.64. The van der Waals surface area contributed by atoms with Gasteiger partial charge in [0, 0.05) is 13.1 Å². The van der Waals surface area contributed by atoms with Crippen molar-refractivity contribution in [1.82, 2.24) is 15.2 Å². The van der Waals surface area contributed by atoms with Crippen molar-refractivity contribution in [2.24, 2.45) is 0 Å². The normalized spacial score (nSPS) is 15.0. The molecule has 0 bridgehead atoms. The van der Waals surface area contributed by atoms with Gasteiger partial charge in [-0.15, -0.1) is 0 Å². The third-order valence-electron chi connectivity index (χ3n) is 2.96. The molecule has 1 fully saturated rings. The minimum atomic E-state index is -0.963. The Kier molecular flexibility index (Phi) is 4.70. The lowest BCUT2D eigenvalue weighted by atomic mass is 10.2. The second-order valence-corrected chi connectivity index (χ2v) is 4.66. The molecule has 0 unspecified atom stereocenters. The molecule has 21 heavy (non-hydrogen) atoms. The SMILES string of the molecule is O=C(O)Cc1ccc(NC(=O)N2CCCNC(=O)C2)cn1. The highest BCUT2D eigenvalue weighted by atomic mass is 16.4. The molecule has 2 rings (SSSR count). The smallest absolute Gasteiger partial charge is 0.322 e. The molecule has 1 aliphatic heterocycles. The Morgan fingerprint density at radius 2 is 2.24 bits per heavy atom. The summed E-state index contributed by atoms with van der Waals surface area (Å²) in [5.41, 5.74) is 0.869. The van der Waals surface area contributed by atoms with Crippen molar-refractivity contribution in [3.8, 4) is 0 Å². The standard InChI is InChI=1S/C13H16N4O4/c18-11-8-17(5-1-4-14-11)13(21)16-10-3-2-9(15-7-10)6-12(19)20/h2-3,7H,1,4-6,8H2,(H,14,18)(H,16,21)(H,19,20). The van der Waals surface area contributed by atoms with Crippen LogP contribution >= 0.6 is 0 Å². The molecule has 3 amide bonds. The maximum absolute atomic E-state index is 12.0. The maximum atomic E-state index is 12.0. The van der Waals surface area contributed by atoms with E-state index < -0.39 is 5.97 Å². The zero-order valence-electron chi connectivity index (χ0n) is 11.3. The number of hydrogen-bond acceptors (Lipinski definition) is 4. The van der Waals surface area contributed by atoms with Crippen molar-refractivity contribution in [3.63, 3.8) is 0 Å². The first-order valence-corrected chi connectivity index (χ1v) is 6.54. The molecule has 0 spiro atoms. The minimum absolute atomic E-state index is 0.0242. The molecular formula is C13H16N4O4. The number of rotatable bonds is 3. The fourth-order valence-corrected chi connectivity index (χ4v) is 1.94. The molecule has 1 saturated heterocycles. The predicted octanol–water partition coefficient (Wildman–Crippen LogP) is 0.0625. The van der Waals surface area contributed by atoms with E-state index in [9.17, 15) is 14.4 Å². The predicted molar refractivity (Wildman–Crippen MR) is 73.8 cm³/mol. The van der Waals surface area contributed by atoms with Crippen LogP contribution in [0, 0.1) is 0 Å². The third-order valence-corrected chi connectivity index (χ3v) is 2.96. The van der Waals surface area contributed by atoms with Gasteiger partial charge in [0.15, 0.2) is 0 Å². The number of aliphatic carboxylic acids is 1. The van der Waals surface area contributed by atoms with Gasteiger partial charge in [0.1, 0.15) is 6.54 Å². The van der Waals surface area contributed by atoms with Gasteiger partial charge in [-0.1, -0.05) is 0 Å². The quantitative estimate of drug-likeness (QED) is 0.729. The number of amides is 3. The number of hydrogen-bond donors (Lipinski definition) is 3. The van der Waals surface area contributed by atoms with Gasteiger partial charge in [-0.05, 0) is 18.6 Å². The molecule has 3 N–H and O–H groups in total. The number of nitrogens with zero attached hydrogens (tertiary/aromatic N) is 2. The van der Waals surface area contributed by atoms with E-state index in [2.05, 4.69) is 15.6 Å². The molecule has 112 valence electrons. The summed E-state index contributed by atoms with van der Waals surface area (Å²) in [6.45, 7) is 1.08. The van der Waals surface area contributed by atoms with Gasteiger partial charge in [-0.2, -0.15) is 0 Å². The summed E-state index contributed by atoms with van der Waals surface area (Å²) in [7, 11) is 0. The van der Waals surface area contributed by atoms with Gasteiger partial charge in [-0.3, -0.25) is 14.6 Å². The van der Waals surface area contributed by atoms with Crippen LogP contribution in [0.3, 0.4) is 0 Å². The Bertz CT molecular complexity index is 544. The lowest BCUT2D eigenvalue weighted by Gasteiger charge is -2.19. The van der Waals surface area contributed by atoms with E-state index in [4.69, 9.17) is 5.11 Å². The van der Waals surface area contributed by atoms with E-state index in [1.165, 1.54) is 11.1 Å². The summed E-state index contributed by atoms with van der Waals surface area (Å²) >= 11 is 0. The zero-order valence-corrected chi connectivity index (χ0v) is 11.3. The van der Waals surface area contributed by atoms with Crippen LogP contribution in [0.2, 0.25) is 0 Å². The van der Waals surface area contributed by atoms with Crippen LogP contribution in [0.25, 0.3) is 0 Å². The van der Waals surface area contributed by atoms with E-state index in [-0.39, 0.29) is 24.9 Å². The van der Waals surface area contributed by atoms with Crippen molar-refractivity contribution < 1.29 is 19.5 Å². The third kappa shape index (κ3) is 4.44. The number of nitrogens with one attached hydrogen (secondary N) is 2. The summed E-state index contributed by atoms with van der Waals surface area (Å²) in [5, 5.41) is 14.0. The summed E-state index contributed by atoms with van der Waals surface area (Å²) in [6, 6.07) is 2.75. The molecule has 0 radical (unpaired) electrons. The topological polar surface area (TPSA) is 112 Å². The van der Waals surface area contributed by atoms with Crippen LogP contribution in [0.4, 0.5) is 10.5 Å². The highest BCUT2D eigenvalue weighted by Crippen LogP contribution is 2.09.